The molecule has 1 aromatic heterocycles. The van der Waals surface area contributed by atoms with Crippen molar-refractivity contribution in [1.29, 1.82) is 0 Å². The lowest BCUT2D eigenvalue weighted by molar-refractivity contribution is -0.138. The molecule has 5 nitrogen and oxygen atoms in total. The van der Waals surface area contributed by atoms with E-state index in [0.29, 0.717) is 5.69 Å². The molecule has 1 rings (SSSR count). The number of hydrogen-bond donors (Lipinski definition) is 2. The van der Waals surface area contributed by atoms with Crippen LogP contribution in [0.1, 0.15) is 5.69 Å². The summed E-state index contributed by atoms with van der Waals surface area (Å²) >= 11 is 0. The lowest BCUT2D eigenvalue weighted by Gasteiger charge is -2.03. The van der Waals surface area contributed by atoms with Gasteiger partial charge in [0.15, 0.2) is 0 Å². The maximum atomic E-state index is 10.3. The number of aromatic nitrogens is 2. The molecule has 0 aliphatic heterocycles. The van der Waals surface area contributed by atoms with E-state index >= 15 is 0 Å². The number of aliphatic carboxylic acids is 1. The van der Waals surface area contributed by atoms with Gasteiger partial charge in [0.25, 0.3) is 0 Å². The van der Waals surface area contributed by atoms with Gasteiger partial charge in [0, 0.05) is 18.3 Å². The Balaban J connectivity index is 0. The molecule has 0 spiro atoms. The molecule has 1 aromatic rings. The van der Waals surface area contributed by atoms with Gasteiger partial charge in [-0.1, -0.05) is 0 Å². The second-order valence-electron chi connectivity index (χ2n) is 2.35. The zero-order valence-electron chi connectivity index (χ0n) is 7.16. The van der Waals surface area contributed by atoms with Gasteiger partial charge in [-0.15, -0.1) is 24.8 Å². The van der Waals surface area contributed by atoms with Gasteiger partial charge >= 0.3 is 5.97 Å². The molecule has 0 fully saturated rings. The van der Waals surface area contributed by atoms with Gasteiger partial charge in [0.2, 0.25) is 0 Å². The summed E-state index contributed by atoms with van der Waals surface area (Å²) in [6.45, 7) is 0. The van der Waals surface area contributed by atoms with Crippen molar-refractivity contribution >= 4 is 30.8 Å². The summed E-state index contributed by atoms with van der Waals surface area (Å²) in [4.78, 5) is 17.9. The molecule has 0 radical (unpaired) electrons. The Hall–Kier alpha value is -0.910. The third-order valence-electron chi connectivity index (χ3n) is 1.39. The summed E-state index contributed by atoms with van der Waals surface area (Å²) in [7, 11) is 0. The van der Waals surface area contributed by atoms with Crippen molar-refractivity contribution in [2.24, 2.45) is 5.73 Å². The number of rotatable bonds is 3. The van der Waals surface area contributed by atoms with E-state index in [-0.39, 0.29) is 31.2 Å². The molecule has 1 atom stereocenters. The standard InChI is InChI=1S/C7H9N3O2.2ClH/c8-6(7(11)12)3-5-1-2-9-4-10-5;;/h1-2,4,6H,3,8H2,(H,11,12);2*1H/t6-;;/m0../s1. The number of nitrogens with two attached hydrogens (primary N) is 1. The normalized spacial score (nSPS) is 10.6. The molecule has 0 amide bonds. The third kappa shape index (κ3) is 4.96. The number of hydrogen-bond acceptors (Lipinski definition) is 4. The molecule has 14 heavy (non-hydrogen) atoms. The number of nitrogens with zero attached hydrogens (tertiary/aromatic N) is 2. The lowest BCUT2D eigenvalue weighted by Crippen LogP contribution is -2.32. The molecule has 0 bridgehead atoms. The summed E-state index contributed by atoms with van der Waals surface area (Å²) in [6, 6.07) is 0.753. The molecule has 0 aliphatic rings. The number of carboxylic acids is 1. The molecule has 1 heterocycles. The van der Waals surface area contributed by atoms with Crippen molar-refractivity contribution in [2.45, 2.75) is 12.5 Å². The van der Waals surface area contributed by atoms with Gasteiger partial charge < -0.3 is 10.8 Å². The average molecular weight is 240 g/mol. The van der Waals surface area contributed by atoms with Gasteiger partial charge in [-0.25, -0.2) is 9.97 Å². The topological polar surface area (TPSA) is 89.1 Å². The summed E-state index contributed by atoms with van der Waals surface area (Å²) in [5.74, 6) is -1.02. The Morgan fingerprint density at radius 1 is 1.57 bits per heavy atom. The van der Waals surface area contributed by atoms with Crippen LogP contribution in [-0.4, -0.2) is 27.1 Å². The van der Waals surface area contributed by atoms with E-state index in [1.54, 1.807) is 12.3 Å². The van der Waals surface area contributed by atoms with Crippen LogP contribution in [-0.2, 0) is 11.2 Å². The van der Waals surface area contributed by atoms with Gasteiger partial charge in [-0.2, -0.15) is 0 Å². The van der Waals surface area contributed by atoms with Crippen molar-refractivity contribution in [3.05, 3.63) is 24.3 Å². The van der Waals surface area contributed by atoms with Crippen LogP contribution in [0.2, 0.25) is 0 Å². The minimum Gasteiger partial charge on any atom is -0.480 e. The Kier molecular flexibility index (Phi) is 8.32. The summed E-state index contributed by atoms with van der Waals surface area (Å²) in [5, 5.41) is 8.47. The summed E-state index contributed by atoms with van der Waals surface area (Å²) < 4.78 is 0. The Morgan fingerprint density at radius 3 is 2.64 bits per heavy atom. The highest BCUT2D eigenvalue weighted by molar-refractivity contribution is 5.85. The fourth-order valence-corrected chi connectivity index (χ4v) is 0.751. The quantitative estimate of drug-likeness (QED) is 0.791. The maximum Gasteiger partial charge on any atom is 0.320 e. The van der Waals surface area contributed by atoms with Gasteiger partial charge in [0.1, 0.15) is 12.4 Å². The maximum absolute atomic E-state index is 10.3. The molecule has 80 valence electrons. The van der Waals surface area contributed by atoms with E-state index in [1.165, 1.54) is 6.33 Å². The molecular weight excluding hydrogens is 229 g/mol. The van der Waals surface area contributed by atoms with Gasteiger partial charge in [-0.05, 0) is 6.07 Å². The molecule has 3 N–H and O–H groups in total. The van der Waals surface area contributed by atoms with E-state index in [1.807, 2.05) is 0 Å². The Bertz CT molecular complexity index is 271. The lowest BCUT2D eigenvalue weighted by atomic mass is 10.2. The molecule has 0 aromatic carbocycles. The van der Waals surface area contributed by atoms with Crippen molar-refractivity contribution in [3.8, 4) is 0 Å². The van der Waals surface area contributed by atoms with Crippen LogP contribution < -0.4 is 5.73 Å². The monoisotopic (exact) mass is 239 g/mol. The van der Waals surface area contributed by atoms with Crippen molar-refractivity contribution in [3.63, 3.8) is 0 Å². The Morgan fingerprint density at radius 2 is 2.21 bits per heavy atom. The largest absolute Gasteiger partial charge is 0.480 e. The van der Waals surface area contributed by atoms with Gasteiger partial charge in [-0.3, -0.25) is 4.79 Å². The predicted molar refractivity (Wildman–Crippen MR) is 55.8 cm³/mol. The van der Waals surface area contributed by atoms with Crippen LogP contribution in [0.5, 0.6) is 0 Å². The van der Waals surface area contributed by atoms with E-state index < -0.39 is 12.0 Å². The van der Waals surface area contributed by atoms with Crippen molar-refractivity contribution in [1.82, 2.24) is 9.97 Å². The van der Waals surface area contributed by atoms with Crippen LogP contribution in [0.4, 0.5) is 0 Å². The first-order chi connectivity index (χ1) is 5.70. The molecule has 0 saturated heterocycles. The summed E-state index contributed by atoms with van der Waals surface area (Å²) in [5.41, 5.74) is 5.93. The van der Waals surface area contributed by atoms with E-state index in [9.17, 15) is 4.79 Å². The van der Waals surface area contributed by atoms with Crippen LogP contribution in [0, 0.1) is 0 Å². The highest BCUT2D eigenvalue weighted by Gasteiger charge is 2.11. The van der Waals surface area contributed by atoms with Gasteiger partial charge in [0.05, 0.1) is 0 Å². The highest BCUT2D eigenvalue weighted by Crippen LogP contribution is 1.95. The zero-order valence-corrected chi connectivity index (χ0v) is 8.79. The average Bonchev–Trinajstić information content (AvgIpc) is 2.06. The molecule has 0 aliphatic carbocycles. The molecule has 7 heteroatoms. The fourth-order valence-electron chi connectivity index (χ4n) is 0.751. The fraction of sp³-hybridized carbons (Fsp3) is 0.286. The number of halogens is 2. The predicted octanol–water partition coefficient (Wildman–Crippen LogP) is 0.275. The Labute approximate surface area is 93.6 Å². The van der Waals surface area contributed by atoms with E-state index in [0.717, 1.165) is 0 Å². The number of carbonyl (C=O) groups is 1. The first kappa shape index (κ1) is 15.6. The van der Waals surface area contributed by atoms with Crippen LogP contribution in [0.15, 0.2) is 18.6 Å². The van der Waals surface area contributed by atoms with Crippen LogP contribution in [0.3, 0.4) is 0 Å². The number of carboxylic acid groups (broad SMARTS) is 1. The first-order valence-electron chi connectivity index (χ1n) is 3.43. The van der Waals surface area contributed by atoms with Crippen molar-refractivity contribution in [2.75, 3.05) is 0 Å². The minimum atomic E-state index is -1.02. The molecule has 0 saturated carbocycles. The molecule has 0 unspecified atom stereocenters. The smallest absolute Gasteiger partial charge is 0.320 e. The minimum absolute atomic E-state index is 0. The SMILES string of the molecule is Cl.Cl.N[C@@H](Cc1ccncn1)C(=O)O. The molecular formula is C7H11Cl2N3O2. The first-order valence-corrected chi connectivity index (χ1v) is 3.43. The zero-order chi connectivity index (χ0) is 8.97. The third-order valence-corrected chi connectivity index (χ3v) is 1.39. The second-order valence-corrected chi connectivity index (χ2v) is 2.35. The van der Waals surface area contributed by atoms with Crippen LogP contribution in [0.25, 0.3) is 0 Å². The van der Waals surface area contributed by atoms with E-state index in [4.69, 9.17) is 10.8 Å². The highest BCUT2D eigenvalue weighted by atomic mass is 35.5. The summed E-state index contributed by atoms with van der Waals surface area (Å²) in [6.07, 6.45) is 3.15. The van der Waals surface area contributed by atoms with Crippen LogP contribution >= 0.6 is 24.8 Å². The van der Waals surface area contributed by atoms with E-state index in [2.05, 4.69) is 9.97 Å². The second kappa shape index (κ2) is 7.49. The van der Waals surface area contributed by atoms with Crippen molar-refractivity contribution < 1.29 is 9.90 Å².